The first-order valence-corrected chi connectivity index (χ1v) is 6.85. The van der Waals surface area contributed by atoms with Crippen LogP contribution in [0.5, 0.6) is 0 Å². The first-order valence-electron chi connectivity index (χ1n) is 6.85. The zero-order chi connectivity index (χ0) is 14.5. The van der Waals surface area contributed by atoms with Crippen LogP contribution in [0, 0.1) is 12.7 Å². The lowest BCUT2D eigenvalue weighted by molar-refractivity contribution is 0.183. The summed E-state index contributed by atoms with van der Waals surface area (Å²) in [5, 5.41) is 10.3. The minimum absolute atomic E-state index is 0.259. The highest BCUT2D eigenvalue weighted by Crippen LogP contribution is 2.20. The number of nitrogens with zero attached hydrogens (tertiary/aromatic N) is 1. The molecule has 106 valence electrons. The summed E-state index contributed by atoms with van der Waals surface area (Å²) in [7, 11) is 0. The standard InChI is InChI=1S/C17H20FNO/c1-3-19(16-6-4-5-15(18)11-16)12-17(20)14-9-7-13(2)8-10-14/h4-11,17,20H,3,12H2,1-2H3. The molecule has 0 aliphatic rings. The third-order valence-corrected chi connectivity index (χ3v) is 3.41. The van der Waals surface area contributed by atoms with Gasteiger partial charge in [-0.25, -0.2) is 4.39 Å². The maximum atomic E-state index is 13.3. The van der Waals surface area contributed by atoms with E-state index in [4.69, 9.17) is 0 Å². The molecule has 2 nitrogen and oxygen atoms in total. The lowest BCUT2D eigenvalue weighted by atomic mass is 10.1. The molecule has 0 saturated heterocycles. The second-order valence-corrected chi connectivity index (χ2v) is 4.94. The van der Waals surface area contributed by atoms with E-state index in [0.717, 1.165) is 11.3 Å². The maximum Gasteiger partial charge on any atom is 0.125 e. The molecular formula is C17H20FNO. The summed E-state index contributed by atoms with van der Waals surface area (Å²) in [6, 6.07) is 14.3. The fourth-order valence-electron chi connectivity index (χ4n) is 2.19. The molecule has 0 heterocycles. The molecule has 2 aromatic rings. The number of hydrogen-bond acceptors (Lipinski definition) is 2. The molecule has 1 N–H and O–H groups in total. The summed E-state index contributed by atoms with van der Waals surface area (Å²) in [4.78, 5) is 1.97. The number of aryl methyl sites for hydroxylation is 1. The Hall–Kier alpha value is -1.87. The molecule has 3 heteroatoms. The number of aliphatic hydroxyl groups is 1. The molecule has 1 unspecified atom stereocenters. The second-order valence-electron chi connectivity index (χ2n) is 4.94. The van der Waals surface area contributed by atoms with Crippen LogP contribution in [0.3, 0.4) is 0 Å². The van der Waals surface area contributed by atoms with E-state index in [1.54, 1.807) is 6.07 Å². The molecule has 0 amide bonds. The normalized spacial score (nSPS) is 12.2. The Balaban J connectivity index is 2.11. The number of rotatable bonds is 5. The summed E-state index contributed by atoms with van der Waals surface area (Å²) in [6.07, 6.45) is -0.584. The first kappa shape index (κ1) is 14.5. The van der Waals surface area contributed by atoms with Gasteiger partial charge in [-0.15, -0.1) is 0 Å². The minimum Gasteiger partial charge on any atom is -0.387 e. The maximum absolute atomic E-state index is 13.3. The first-order chi connectivity index (χ1) is 9.60. The molecular weight excluding hydrogens is 253 g/mol. The number of benzene rings is 2. The molecule has 2 aromatic carbocycles. The van der Waals surface area contributed by atoms with Gasteiger partial charge >= 0.3 is 0 Å². The van der Waals surface area contributed by atoms with Gasteiger partial charge in [-0.2, -0.15) is 0 Å². The largest absolute Gasteiger partial charge is 0.387 e. The topological polar surface area (TPSA) is 23.5 Å². The number of halogens is 1. The van der Waals surface area contributed by atoms with Crippen molar-refractivity contribution in [1.82, 2.24) is 0 Å². The zero-order valence-corrected chi connectivity index (χ0v) is 11.9. The summed E-state index contributed by atoms with van der Waals surface area (Å²) in [5.41, 5.74) is 2.84. The van der Waals surface area contributed by atoms with Gasteiger partial charge in [0.2, 0.25) is 0 Å². The lowest BCUT2D eigenvalue weighted by Crippen LogP contribution is -2.28. The van der Waals surface area contributed by atoms with Gasteiger partial charge < -0.3 is 10.0 Å². The number of anilines is 1. The smallest absolute Gasteiger partial charge is 0.125 e. The molecule has 0 fully saturated rings. The zero-order valence-electron chi connectivity index (χ0n) is 11.9. The Labute approximate surface area is 119 Å². The van der Waals surface area contributed by atoms with E-state index < -0.39 is 6.10 Å². The van der Waals surface area contributed by atoms with Crippen LogP contribution < -0.4 is 4.90 Å². The van der Waals surface area contributed by atoms with Crippen molar-refractivity contribution in [1.29, 1.82) is 0 Å². The average molecular weight is 273 g/mol. The van der Waals surface area contributed by atoms with E-state index in [1.165, 1.54) is 17.7 Å². The van der Waals surface area contributed by atoms with E-state index in [0.29, 0.717) is 13.1 Å². The van der Waals surface area contributed by atoms with E-state index in [1.807, 2.05) is 49.1 Å². The highest BCUT2D eigenvalue weighted by atomic mass is 19.1. The van der Waals surface area contributed by atoms with Gasteiger partial charge in [0.25, 0.3) is 0 Å². The number of aliphatic hydroxyl groups excluding tert-OH is 1. The van der Waals surface area contributed by atoms with Crippen LogP contribution in [-0.2, 0) is 0 Å². The van der Waals surface area contributed by atoms with Gasteiger partial charge in [-0.3, -0.25) is 0 Å². The van der Waals surface area contributed by atoms with Crippen molar-refractivity contribution in [2.75, 3.05) is 18.0 Å². The Morgan fingerprint density at radius 1 is 1.15 bits per heavy atom. The van der Waals surface area contributed by atoms with Crippen molar-refractivity contribution in [2.24, 2.45) is 0 Å². The van der Waals surface area contributed by atoms with E-state index in [2.05, 4.69) is 0 Å². The van der Waals surface area contributed by atoms with Crippen molar-refractivity contribution in [2.45, 2.75) is 20.0 Å². The van der Waals surface area contributed by atoms with Crippen LogP contribution in [0.1, 0.15) is 24.2 Å². The van der Waals surface area contributed by atoms with Crippen LogP contribution in [0.2, 0.25) is 0 Å². The molecule has 0 aliphatic heterocycles. The van der Waals surface area contributed by atoms with Crippen LogP contribution in [-0.4, -0.2) is 18.2 Å². The van der Waals surface area contributed by atoms with Crippen LogP contribution in [0.4, 0.5) is 10.1 Å². The van der Waals surface area contributed by atoms with E-state index in [-0.39, 0.29) is 5.82 Å². The van der Waals surface area contributed by atoms with E-state index >= 15 is 0 Å². The summed E-state index contributed by atoms with van der Waals surface area (Å²) in [6.45, 7) is 5.17. The molecule has 1 atom stereocenters. The summed E-state index contributed by atoms with van der Waals surface area (Å²) in [5.74, 6) is -0.259. The monoisotopic (exact) mass is 273 g/mol. The van der Waals surface area contributed by atoms with Crippen molar-refractivity contribution >= 4 is 5.69 Å². The molecule has 0 bridgehead atoms. The quantitative estimate of drug-likeness (QED) is 0.898. The van der Waals surface area contributed by atoms with Gasteiger partial charge in [0.05, 0.1) is 6.10 Å². The summed E-state index contributed by atoms with van der Waals surface area (Å²) < 4.78 is 13.3. The molecule has 2 rings (SSSR count). The van der Waals surface area contributed by atoms with Gasteiger partial charge in [0.1, 0.15) is 5.82 Å². The van der Waals surface area contributed by atoms with Crippen LogP contribution in [0.15, 0.2) is 48.5 Å². The van der Waals surface area contributed by atoms with E-state index in [9.17, 15) is 9.50 Å². The van der Waals surface area contributed by atoms with Crippen molar-refractivity contribution in [3.8, 4) is 0 Å². The number of likely N-dealkylation sites (N-methyl/N-ethyl adjacent to an activating group) is 1. The Morgan fingerprint density at radius 2 is 1.85 bits per heavy atom. The third-order valence-electron chi connectivity index (χ3n) is 3.41. The van der Waals surface area contributed by atoms with Gasteiger partial charge in [-0.05, 0) is 37.6 Å². The highest BCUT2D eigenvalue weighted by molar-refractivity contribution is 5.46. The molecule has 0 aliphatic carbocycles. The van der Waals surface area contributed by atoms with Gasteiger partial charge in [0, 0.05) is 18.8 Å². The minimum atomic E-state index is -0.584. The van der Waals surface area contributed by atoms with Gasteiger partial charge in [0.15, 0.2) is 0 Å². The number of hydrogen-bond donors (Lipinski definition) is 1. The predicted molar refractivity (Wildman–Crippen MR) is 80.4 cm³/mol. The Kier molecular flexibility index (Phi) is 4.74. The SMILES string of the molecule is CCN(CC(O)c1ccc(C)cc1)c1cccc(F)c1. The van der Waals surface area contributed by atoms with Crippen LogP contribution >= 0.6 is 0 Å². The highest BCUT2D eigenvalue weighted by Gasteiger charge is 2.13. The lowest BCUT2D eigenvalue weighted by Gasteiger charge is -2.26. The van der Waals surface area contributed by atoms with Crippen molar-refractivity contribution < 1.29 is 9.50 Å². The molecule has 0 radical (unpaired) electrons. The molecule has 0 spiro atoms. The molecule has 0 saturated carbocycles. The van der Waals surface area contributed by atoms with Crippen LogP contribution in [0.25, 0.3) is 0 Å². The van der Waals surface area contributed by atoms with Crippen molar-refractivity contribution in [3.63, 3.8) is 0 Å². The fourth-order valence-corrected chi connectivity index (χ4v) is 2.19. The van der Waals surface area contributed by atoms with Crippen molar-refractivity contribution in [3.05, 3.63) is 65.5 Å². The third kappa shape index (κ3) is 3.58. The average Bonchev–Trinajstić information content (AvgIpc) is 2.45. The molecule has 20 heavy (non-hydrogen) atoms. The predicted octanol–water partition coefficient (Wildman–Crippen LogP) is 3.69. The fraction of sp³-hybridized carbons (Fsp3) is 0.294. The Bertz CT molecular complexity index is 553. The second kappa shape index (κ2) is 6.53. The summed E-state index contributed by atoms with van der Waals surface area (Å²) >= 11 is 0. The van der Waals surface area contributed by atoms with Gasteiger partial charge in [-0.1, -0.05) is 35.9 Å². The Morgan fingerprint density at radius 3 is 2.45 bits per heavy atom. The molecule has 0 aromatic heterocycles.